The van der Waals surface area contributed by atoms with E-state index in [4.69, 9.17) is 9.47 Å². The van der Waals surface area contributed by atoms with Crippen molar-refractivity contribution in [3.05, 3.63) is 29.6 Å². The lowest BCUT2D eigenvalue weighted by molar-refractivity contribution is -0.121. The summed E-state index contributed by atoms with van der Waals surface area (Å²) in [6.07, 6.45) is 3.68. The first kappa shape index (κ1) is 22.0. The predicted molar refractivity (Wildman–Crippen MR) is 108 cm³/mol. The van der Waals surface area contributed by atoms with E-state index in [9.17, 15) is 22.4 Å². The zero-order chi connectivity index (χ0) is 22.1. The average Bonchev–Trinajstić information content (AvgIpc) is 3.62. The fraction of sp³-hybridized carbons (Fsp3) is 0.600. The molecule has 31 heavy (non-hydrogen) atoms. The summed E-state index contributed by atoms with van der Waals surface area (Å²) in [6, 6.07) is 3.18. The van der Waals surface area contributed by atoms with E-state index in [0.29, 0.717) is 30.9 Å². The molecule has 1 aromatic rings. The molecule has 1 atom stereocenters. The number of hydrogen-bond acceptors (Lipinski definition) is 6. The van der Waals surface area contributed by atoms with Gasteiger partial charge in [-0.25, -0.2) is 22.3 Å². The fourth-order valence-corrected chi connectivity index (χ4v) is 4.97. The van der Waals surface area contributed by atoms with Gasteiger partial charge < -0.3 is 14.8 Å². The number of benzene rings is 1. The van der Waals surface area contributed by atoms with Crippen LogP contribution in [-0.4, -0.2) is 52.0 Å². The Morgan fingerprint density at radius 1 is 1.19 bits per heavy atom. The van der Waals surface area contributed by atoms with E-state index in [2.05, 4.69) is 15.4 Å². The number of urea groups is 1. The maximum atomic E-state index is 14.1. The van der Waals surface area contributed by atoms with Gasteiger partial charge in [-0.2, -0.15) is 0 Å². The van der Waals surface area contributed by atoms with Gasteiger partial charge in [0.05, 0.1) is 24.5 Å². The van der Waals surface area contributed by atoms with Crippen LogP contribution in [0, 0.1) is 11.7 Å². The van der Waals surface area contributed by atoms with Crippen LogP contribution < -0.4 is 20.1 Å². The van der Waals surface area contributed by atoms with E-state index in [0.717, 1.165) is 12.8 Å². The highest BCUT2D eigenvalue weighted by Crippen LogP contribution is 2.47. The lowest BCUT2D eigenvalue weighted by Crippen LogP contribution is -2.37. The molecule has 0 radical (unpaired) electrons. The van der Waals surface area contributed by atoms with Crippen LogP contribution in [0.1, 0.15) is 37.7 Å². The minimum Gasteiger partial charge on any atom is -0.490 e. The van der Waals surface area contributed by atoms with Crippen LogP contribution in [0.15, 0.2) is 18.2 Å². The second-order valence-electron chi connectivity index (χ2n) is 8.35. The van der Waals surface area contributed by atoms with Crippen molar-refractivity contribution in [2.75, 3.05) is 25.6 Å². The van der Waals surface area contributed by atoms with E-state index < -0.39 is 39.4 Å². The first-order valence-corrected chi connectivity index (χ1v) is 12.1. The Balaban J connectivity index is 1.26. The van der Waals surface area contributed by atoms with Crippen molar-refractivity contribution in [1.29, 1.82) is 0 Å². The fourth-order valence-electron chi connectivity index (χ4n) is 3.46. The number of carbonyl (C=O) groups is 2. The van der Waals surface area contributed by atoms with Gasteiger partial charge in [-0.15, -0.1) is 0 Å². The van der Waals surface area contributed by atoms with Crippen molar-refractivity contribution in [3.63, 3.8) is 0 Å². The van der Waals surface area contributed by atoms with Crippen LogP contribution >= 0.6 is 0 Å². The van der Waals surface area contributed by atoms with Gasteiger partial charge in [-0.1, -0.05) is 6.07 Å². The highest BCUT2D eigenvalue weighted by molar-refractivity contribution is 7.89. The molecule has 1 aromatic carbocycles. The van der Waals surface area contributed by atoms with Crippen molar-refractivity contribution >= 4 is 22.0 Å². The predicted octanol–water partition coefficient (Wildman–Crippen LogP) is 1.14. The van der Waals surface area contributed by atoms with Crippen molar-refractivity contribution in [3.8, 4) is 5.75 Å². The van der Waals surface area contributed by atoms with Crippen LogP contribution in [0.2, 0.25) is 0 Å². The Hall–Kier alpha value is -2.24. The van der Waals surface area contributed by atoms with Crippen LogP contribution in [0.3, 0.4) is 0 Å². The maximum absolute atomic E-state index is 14.1. The first-order chi connectivity index (χ1) is 14.8. The number of hydrogen-bond donors (Lipinski definition) is 3. The van der Waals surface area contributed by atoms with Crippen molar-refractivity contribution in [1.82, 2.24) is 15.4 Å². The molecule has 3 N–H and O–H groups in total. The van der Waals surface area contributed by atoms with Gasteiger partial charge in [-0.3, -0.25) is 10.1 Å². The van der Waals surface area contributed by atoms with Crippen LogP contribution in [0.25, 0.3) is 0 Å². The number of nitrogens with one attached hydrogen (secondary N) is 3. The van der Waals surface area contributed by atoms with Crippen molar-refractivity contribution in [2.45, 2.75) is 43.7 Å². The third-order valence-electron chi connectivity index (χ3n) is 5.60. The lowest BCUT2D eigenvalue weighted by Gasteiger charge is -2.19. The van der Waals surface area contributed by atoms with Gasteiger partial charge in [-0.05, 0) is 55.7 Å². The summed E-state index contributed by atoms with van der Waals surface area (Å²) < 4.78 is 52.8. The second-order valence-corrected chi connectivity index (χ2v) is 10.2. The first-order valence-electron chi connectivity index (χ1n) is 10.4. The number of sulfonamides is 1. The number of rotatable bonds is 12. The van der Waals surface area contributed by atoms with Gasteiger partial charge in [0, 0.05) is 6.61 Å². The molecule has 2 aliphatic carbocycles. The summed E-state index contributed by atoms with van der Waals surface area (Å²) in [5.74, 6) is -0.420. The molecule has 9 nitrogen and oxygen atoms in total. The number of carbonyl (C=O) groups excluding carboxylic acids is 2. The molecule has 0 aromatic heterocycles. The summed E-state index contributed by atoms with van der Waals surface area (Å²) >= 11 is 0. The Morgan fingerprint density at radius 2 is 1.97 bits per heavy atom. The van der Waals surface area contributed by atoms with Gasteiger partial charge in [0.2, 0.25) is 10.0 Å². The molecule has 11 heteroatoms. The topological polar surface area (TPSA) is 123 Å². The van der Waals surface area contributed by atoms with Crippen LogP contribution in [0.5, 0.6) is 5.75 Å². The number of halogens is 1. The van der Waals surface area contributed by atoms with E-state index in [-0.39, 0.29) is 31.1 Å². The molecule has 1 heterocycles. The third-order valence-corrected chi connectivity index (χ3v) is 7.13. The molecule has 1 unspecified atom stereocenters. The number of amides is 3. The Kier molecular flexibility index (Phi) is 6.18. The molecule has 0 spiro atoms. The monoisotopic (exact) mass is 455 g/mol. The molecule has 4 rings (SSSR count). The second kappa shape index (κ2) is 8.71. The number of ether oxygens (including phenoxy) is 2. The quantitative estimate of drug-likeness (QED) is 0.321. The Morgan fingerprint density at radius 3 is 2.61 bits per heavy atom. The number of imide groups is 1. The molecule has 3 aliphatic rings. The van der Waals surface area contributed by atoms with E-state index in [1.165, 1.54) is 6.07 Å². The smallest absolute Gasteiger partial charge is 0.322 e. The van der Waals surface area contributed by atoms with E-state index in [1.54, 1.807) is 12.1 Å². The highest BCUT2D eigenvalue weighted by atomic mass is 32.2. The van der Waals surface area contributed by atoms with Gasteiger partial charge in [0.25, 0.3) is 5.91 Å². The summed E-state index contributed by atoms with van der Waals surface area (Å²) in [5.41, 5.74) is -0.0281. The van der Waals surface area contributed by atoms with Crippen LogP contribution in [0.4, 0.5) is 9.18 Å². The molecule has 1 saturated heterocycles. The van der Waals surface area contributed by atoms with Crippen LogP contribution in [-0.2, 0) is 25.1 Å². The lowest BCUT2D eigenvalue weighted by atomic mass is 10.1. The van der Waals surface area contributed by atoms with E-state index >= 15 is 0 Å². The molecule has 3 fully saturated rings. The normalized spacial score (nSPS) is 22.2. The molecule has 2 saturated carbocycles. The molecule has 3 amide bonds. The minimum atomic E-state index is -3.60. The Bertz CT molecular complexity index is 962. The summed E-state index contributed by atoms with van der Waals surface area (Å²) in [5, 5.41) is 4.50. The van der Waals surface area contributed by atoms with Gasteiger partial charge >= 0.3 is 6.03 Å². The third kappa shape index (κ3) is 5.72. The maximum Gasteiger partial charge on any atom is 0.322 e. The standard InChI is InChI=1S/C20H26FN3O6S/c21-15-5-4-14(10-17(15)30-11-13-2-3-13)20(6-7-20)24-31(27,28)9-1-8-29-12-16-18(25)23-19(26)22-16/h4-5,10,13,16,24H,1-3,6-9,11-12H2,(H2,22,23,25,26). The zero-order valence-corrected chi connectivity index (χ0v) is 17.8. The van der Waals surface area contributed by atoms with Crippen molar-refractivity contribution < 1.29 is 31.9 Å². The molecule has 0 bridgehead atoms. The van der Waals surface area contributed by atoms with Gasteiger partial charge in [0.1, 0.15) is 6.04 Å². The molecule has 170 valence electrons. The van der Waals surface area contributed by atoms with E-state index in [1.807, 2.05) is 0 Å². The Labute approximate surface area is 180 Å². The largest absolute Gasteiger partial charge is 0.490 e. The van der Waals surface area contributed by atoms with Crippen molar-refractivity contribution in [2.24, 2.45) is 5.92 Å². The molecular formula is C20H26FN3O6S. The average molecular weight is 456 g/mol. The summed E-state index contributed by atoms with van der Waals surface area (Å²) in [6.45, 7) is 0.586. The zero-order valence-electron chi connectivity index (χ0n) is 17.0. The SMILES string of the molecule is O=C1NC(=O)C(COCCCS(=O)(=O)NC2(c3ccc(F)c(OCC4CC4)c3)CC2)N1. The molecule has 1 aliphatic heterocycles. The van der Waals surface area contributed by atoms with Gasteiger partial charge in [0.15, 0.2) is 11.6 Å². The molecular weight excluding hydrogens is 429 g/mol. The minimum absolute atomic E-state index is 0.0196. The summed E-state index contributed by atoms with van der Waals surface area (Å²) in [4.78, 5) is 22.4. The summed E-state index contributed by atoms with van der Waals surface area (Å²) in [7, 11) is -3.60. The highest BCUT2D eigenvalue weighted by Gasteiger charge is 2.47.